The maximum absolute atomic E-state index is 12.2. The van der Waals surface area contributed by atoms with E-state index in [2.05, 4.69) is 10.4 Å². The lowest BCUT2D eigenvalue weighted by Crippen LogP contribution is -2.26. The summed E-state index contributed by atoms with van der Waals surface area (Å²) >= 11 is 0. The van der Waals surface area contributed by atoms with Crippen LogP contribution >= 0.6 is 0 Å². The van der Waals surface area contributed by atoms with Gasteiger partial charge >= 0.3 is 0 Å². The Morgan fingerprint density at radius 2 is 2.05 bits per heavy atom. The van der Waals surface area contributed by atoms with Crippen LogP contribution in [-0.4, -0.2) is 20.6 Å². The Labute approximate surface area is 128 Å². The predicted octanol–water partition coefficient (Wildman–Crippen LogP) is 2.61. The number of benzene rings is 1. The Morgan fingerprint density at radius 1 is 1.41 bits per heavy atom. The van der Waals surface area contributed by atoms with Crippen molar-refractivity contribution < 1.29 is 9.72 Å². The van der Waals surface area contributed by atoms with Crippen molar-refractivity contribution in [3.05, 3.63) is 57.4 Å². The number of hydrogen-bond acceptors (Lipinski definition) is 4. The number of nitro groups is 1. The number of carbonyl (C=O) groups excluding carboxylic acids is 1. The maximum Gasteiger partial charge on any atom is 0.269 e. The molecule has 1 heterocycles. The first-order valence-electron chi connectivity index (χ1n) is 7.01. The fourth-order valence-corrected chi connectivity index (χ4v) is 2.21. The summed E-state index contributed by atoms with van der Waals surface area (Å²) in [5.41, 5.74) is 2.18. The molecular weight excluding hydrogens is 284 g/mol. The lowest BCUT2D eigenvalue weighted by molar-refractivity contribution is -0.384. The first kappa shape index (κ1) is 15.7. The summed E-state index contributed by atoms with van der Waals surface area (Å²) in [4.78, 5) is 22.3. The molecule has 0 radical (unpaired) electrons. The van der Waals surface area contributed by atoms with Gasteiger partial charge < -0.3 is 5.32 Å². The Balaban J connectivity index is 2.10. The van der Waals surface area contributed by atoms with Gasteiger partial charge in [0.15, 0.2) is 0 Å². The van der Waals surface area contributed by atoms with Gasteiger partial charge in [0, 0.05) is 36.0 Å². The smallest absolute Gasteiger partial charge is 0.269 e. The molecule has 0 aliphatic carbocycles. The molecular formula is C15H18N4O3. The van der Waals surface area contributed by atoms with E-state index in [1.165, 1.54) is 24.3 Å². The molecule has 0 fully saturated rings. The van der Waals surface area contributed by atoms with Crippen LogP contribution in [0.2, 0.25) is 0 Å². The topological polar surface area (TPSA) is 90.1 Å². The minimum absolute atomic E-state index is 0.0373. The number of aromatic nitrogens is 2. The van der Waals surface area contributed by atoms with Crippen LogP contribution in [0.1, 0.15) is 41.5 Å². The molecule has 1 amide bonds. The highest BCUT2D eigenvalue weighted by Crippen LogP contribution is 2.17. The first-order valence-corrected chi connectivity index (χ1v) is 7.01. The predicted molar refractivity (Wildman–Crippen MR) is 81.6 cm³/mol. The Bertz CT molecular complexity index is 691. The Morgan fingerprint density at radius 3 is 2.55 bits per heavy atom. The zero-order chi connectivity index (χ0) is 16.3. The van der Waals surface area contributed by atoms with Crippen LogP contribution < -0.4 is 5.32 Å². The van der Waals surface area contributed by atoms with Gasteiger partial charge in [0.25, 0.3) is 11.6 Å². The summed E-state index contributed by atoms with van der Waals surface area (Å²) in [6.07, 6.45) is 1.91. The van der Waals surface area contributed by atoms with E-state index < -0.39 is 4.92 Å². The molecule has 7 nitrogen and oxygen atoms in total. The molecule has 1 N–H and O–H groups in total. The van der Waals surface area contributed by atoms with Gasteiger partial charge in [-0.05, 0) is 32.9 Å². The molecule has 116 valence electrons. The van der Waals surface area contributed by atoms with Gasteiger partial charge in [0.05, 0.1) is 16.7 Å². The van der Waals surface area contributed by atoms with Crippen molar-refractivity contribution in [3.63, 3.8) is 0 Å². The number of carbonyl (C=O) groups is 1. The molecule has 0 aliphatic heterocycles. The molecule has 1 atom stereocenters. The van der Waals surface area contributed by atoms with Crippen LogP contribution in [0.4, 0.5) is 5.69 Å². The average Bonchev–Trinajstić information content (AvgIpc) is 2.88. The third kappa shape index (κ3) is 3.30. The van der Waals surface area contributed by atoms with Gasteiger partial charge in [0.1, 0.15) is 0 Å². The van der Waals surface area contributed by atoms with Crippen LogP contribution in [-0.2, 0) is 6.54 Å². The molecule has 1 aromatic carbocycles. The normalized spacial score (nSPS) is 12.0. The quantitative estimate of drug-likeness (QED) is 0.679. The molecule has 0 saturated heterocycles. The van der Waals surface area contributed by atoms with E-state index in [0.717, 1.165) is 17.8 Å². The molecule has 0 aliphatic rings. The third-order valence-electron chi connectivity index (χ3n) is 3.46. The van der Waals surface area contributed by atoms with Crippen LogP contribution in [0.5, 0.6) is 0 Å². The molecule has 7 heteroatoms. The molecule has 2 aromatic rings. The molecule has 0 spiro atoms. The van der Waals surface area contributed by atoms with E-state index in [9.17, 15) is 14.9 Å². The minimum atomic E-state index is -0.493. The fourth-order valence-electron chi connectivity index (χ4n) is 2.21. The van der Waals surface area contributed by atoms with E-state index >= 15 is 0 Å². The second kappa shape index (κ2) is 6.38. The molecule has 1 aromatic heterocycles. The van der Waals surface area contributed by atoms with Gasteiger partial charge in [-0.3, -0.25) is 19.6 Å². The highest BCUT2D eigenvalue weighted by molar-refractivity contribution is 5.94. The highest BCUT2D eigenvalue weighted by atomic mass is 16.6. The number of rotatable bonds is 5. The zero-order valence-electron chi connectivity index (χ0n) is 12.7. The van der Waals surface area contributed by atoms with Gasteiger partial charge in [-0.15, -0.1) is 0 Å². The Hall–Kier alpha value is -2.70. The van der Waals surface area contributed by atoms with E-state index in [4.69, 9.17) is 0 Å². The number of nitrogens with zero attached hydrogens (tertiary/aromatic N) is 3. The summed E-state index contributed by atoms with van der Waals surface area (Å²) < 4.78 is 1.82. The molecule has 1 unspecified atom stereocenters. The maximum atomic E-state index is 12.2. The number of aryl methyl sites for hydroxylation is 2. The van der Waals surface area contributed by atoms with Crippen molar-refractivity contribution in [1.82, 2.24) is 15.1 Å². The van der Waals surface area contributed by atoms with Crippen LogP contribution in [0.15, 0.2) is 30.5 Å². The summed E-state index contributed by atoms with van der Waals surface area (Å²) in [5, 5.41) is 17.8. The van der Waals surface area contributed by atoms with Gasteiger partial charge in [-0.2, -0.15) is 5.10 Å². The lowest BCUT2D eigenvalue weighted by atomic mass is 10.1. The Kier molecular flexibility index (Phi) is 4.55. The van der Waals surface area contributed by atoms with E-state index in [1.807, 2.05) is 31.6 Å². The lowest BCUT2D eigenvalue weighted by Gasteiger charge is -2.13. The van der Waals surface area contributed by atoms with Gasteiger partial charge in [-0.25, -0.2) is 0 Å². The molecule has 0 bridgehead atoms. The summed E-state index contributed by atoms with van der Waals surface area (Å²) in [6, 6.07) is 5.34. The second-order valence-corrected chi connectivity index (χ2v) is 5.02. The summed E-state index contributed by atoms with van der Waals surface area (Å²) in [5.74, 6) is -0.272. The fraction of sp³-hybridized carbons (Fsp3) is 0.333. The highest BCUT2D eigenvalue weighted by Gasteiger charge is 2.16. The average molecular weight is 302 g/mol. The van der Waals surface area contributed by atoms with Crippen LogP contribution in [0, 0.1) is 17.0 Å². The number of nitrogens with one attached hydrogen (secondary N) is 1. The summed E-state index contributed by atoms with van der Waals surface area (Å²) in [7, 11) is 0. The van der Waals surface area contributed by atoms with Gasteiger partial charge in [0.2, 0.25) is 0 Å². The number of amides is 1. The van der Waals surface area contributed by atoms with Crippen molar-refractivity contribution in [2.24, 2.45) is 0 Å². The van der Waals surface area contributed by atoms with E-state index in [1.54, 1.807) is 0 Å². The zero-order valence-corrected chi connectivity index (χ0v) is 12.7. The summed E-state index contributed by atoms with van der Waals surface area (Å²) in [6.45, 7) is 6.55. The van der Waals surface area contributed by atoms with E-state index in [0.29, 0.717) is 5.56 Å². The SMILES string of the molecule is CCn1cc(C(C)NC(=O)c2ccc([N+](=O)[O-])cc2)c(C)n1. The van der Waals surface area contributed by atoms with Crippen molar-refractivity contribution in [3.8, 4) is 0 Å². The van der Waals surface area contributed by atoms with Crippen LogP contribution in [0.25, 0.3) is 0 Å². The molecule has 2 rings (SSSR count). The van der Waals surface area contributed by atoms with Crippen LogP contribution in [0.3, 0.4) is 0 Å². The minimum Gasteiger partial charge on any atom is -0.345 e. The first-order chi connectivity index (χ1) is 10.4. The molecule has 22 heavy (non-hydrogen) atoms. The largest absolute Gasteiger partial charge is 0.345 e. The monoisotopic (exact) mass is 302 g/mol. The third-order valence-corrected chi connectivity index (χ3v) is 3.46. The number of non-ortho nitro benzene ring substituents is 1. The molecule has 0 saturated carbocycles. The van der Waals surface area contributed by atoms with Crippen molar-refractivity contribution >= 4 is 11.6 Å². The van der Waals surface area contributed by atoms with Crippen molar-refractivity contribution in [2.75, 3.05) is 0 Å². The van der Waals surface area contributed by atoms with E-state index in [-0.39, 0.29) is 17.6 Å². The number of hydrogen-bond donors (Lipinski definition) is 1. The van der Waals surface area contributed by atoms with Gasteiger partial charge in [-0.1, -0.05) is 0 Å². The number of nitro benzene ring substituents is 1. The van der Waals surface area contributed by atoms with Crippen molar-refractivity contribution in [1.29, 1.82) is 0 Å². The standard InChI is InChI=1S/C15H18N4O3/c1-4-18-9-14(11(3)17-18)10(2)16-15(20)12-5-7-13(8-6-12)19(21)22/h5-10H,4H2,1-3H3,(H,16,20). The second-order valence-electron chi connectivity index (χ2n) is 5.02. The van der Waals surface area contributed by atoms with Crippen molar-refractivity contribution in [2.45, 2.75) is 33.4 Å².